The monoisotopic (exact) mass is 650 g/mol. The molecule has 236 valence electrons. The summed E-state index contributed by atoms with van der Waals surface area (Å²) < 4.78 is 6.82. The lowest BCUT2D eigenvalue weighted by atomic mass is 9.98. The number of benzene rings is 7. The molecule has 6 heteroatoms. The van der Waals surface area contributed by atoms with E-state index in [1.807, 2.05) is 12.1 Å². The molecule has 0 saturated heterocycles. The Morgan fingerprint density at radius 2 is 0.824 bits per heavy atom. The third-order valence-corrected chi connectivity index (χ3v) is 10.6. The molecule has 0 saturated carbocycles. The number of aromatic nitrogens is 6. The molecule has 12 rings (SSSR count). The highest BCUT2D eigenvalue weighted by molar-refractivity contribution is 6.15. The largest absolute Gasteiger partial charge is 0.292 e. The minimum atomic E-state index is 0.824. The molecule has 0 amide bonds. The SMILES string of the molecule is c1ccc2c(c1)nc(-n1c3ccccc3c3cc(-c4ccc5c(c4)c4ccccc4n4c6ccccc6nc54)ccc31)n1c3ccccc3nc21. The minimum Gasteiger partial charge on any atom is -0.292 e. The molecule has 0 fully saturated rings. The molecule has 7 aromatic carbocycles. The molecule has 51 heavy (non-hydrogen) atoms. The Morgan fingerprint density at radius 1 is 0.314 bits per heavy atom. The minimum absolute atomic E-state index is 0.824. The molecule has 12 aromatic rings. The van der Waals surface area contributed by atoms with E-state index in [0.717, 1.165) is 77.7 Å². The number of pyridine rings is 1. The van der Waals surface area contributed by atoms with E-state index < -0.39 is 0 Å². The lowest BCUT2D eigenvalue weighted by Crippen LogP contribution is -2.06. The van der Waals surface area contributed by atoms with Crippen molar-refractivity contribution in [2.45, 2.75) is 0 Å². The standard InChI is InChI=1S/C45H26N6/c1-4-14-35-32(13-1)44-47-37-16-6-10-20-42(37)51(44)45(48-35)50-39-18-8-3-12-30(39)34-26-28(22-24-40(34)50)27-21-23-31-33(25-27)29-11-2-7-17-38(29)49-41-19-9-5-15-36(41)46-43(31)49/h1-26H. The quantitative estimate of drug-likeness (QED) is 0.175. The van der Waals surface area contributed by atoms with Crippen molar-refractivity contribution in [3.8, 4) is 17.1 Å². The smallest absolute Gasteiger partial charge is 0.221 e. The van der Waals surface area contributed by atoms with Crippen LogP contribution in [0, 0.1) is 0 Å². The van der Waals surface area contributed by atoms with Crippen LogP contribution in [0.15, 0.2) is 158 Å². The van der Waals surface area contributed by atoms with Gasteiger partial charge in [-0.25, -0.2) is 15.0 Å². The van der Waals surface area contributed by atoms with Crippen molar-refractivity contribution in [2.75, 3.05) is 0 Å². The maximum Gasteiger partial charge on any atom is 0.221 e. The number of rotatable bonds is 2. The number of hydrogen-bond donors (Lipinski definition) is 0. The van der Waals surface area contributed by atoms with E-state index in [1.54, 1.807) is 0 Å². The molecule has 5 aromatic heterocycles. The van der Waals surface area contributed by atoms with Crippen LogP contribution in [0.25, 0.3) is 105 Å². The van der Waals surface area contributed by atoms with E-state index in [0.29, 0.717) is 0 Å². The van der Waals surface area contributed by atoms with Gasteiger partial charge >= 0.3 is 0 Å². The second-order valence-electron chi connectivity index (χ2n) is 13.3. The van der Waals surface area contributed by atoms with Gasteiger partial charge in [0.1, 0.15) is 11.3 Å². The predicted octanol–water partition coefficient (Wildman–Crippen LogP) is 10.9. The van der Waals surface area contributed by atoms with Crippen LogP contribution in [0.2, 0.25) is 0 Å². The van der Waals surface area contributed by atoms with E-state index >= 15 is 0 Å². The van der Waals surface area contributed by atoms with Gasteiger partial charge in [-0.15, -0.1) is 0 Å². The zero-order valence-electron chi connectivity index (χ0n) is 27.2. The van der Waals surface area contributed by atoms with Crippen molar-refractivity contribution >= 4 is 87.7 Å². The summed E-state index contributed by atoms with van der Waals surface area (Å²) in [5.41, 5.74) is 12.6. The molecule has 0 bridgehead atoms. The fourth-order valence-corrected chi connectivity index (χ4v) is 8.33. The molecule has 6 nitrogen and oxygen atoms in total. The van der Waals surface area contributed by atoms with Gasteiger partial charge in [0.2, 0.25) is 5.95 Å². The summed E-state index contributed by atoms with van der Waals surface area (Å²) >= 11 is 0. The van der Waals surface area contributed by atoms with E-state index in [-0.39, 0.29) is 0 Å². The Labute approximate surface area is 290 Å². The molecular weight excluding hydrogens is 625 g/mol. The first kappa shape index (κ1) is 26.9. The maximum atomic E-state index is 5.33. The Hall–Kier alpha value is -7.05. The molecule has 0 aliphatic carbocycles. The van der Waals surface area contributed by atoms with Gasteiger partial charge in [0.15, 0.2) is 0 Å². The zero-order valence-corrected chi connectivity index (χ0v) is 27.2. The molecule has 0 radical (unpaired) electrons. The highest BCUT2D eigenvalue weighted by atomic mass is 15.2. The molecular formula is C45H26N6. The average molecular weight is 651 g/mol. The van der Waals surface area contributed by atoms with Crippen LogP contribution in [-0.2, 0) is 0 Å². The van der Waals surface area contributed by atoms with E-state index in [1.165, 1.54) is 27.1 Å². The summed E-state index contributed by atoms with van der Waals surface area (Å²) in [6, 6.07) is 55.9. The Bertz CT molecular complexity index is 3440. The van der Waals surface area contributed by atoms with Gasteiger partial charge in [0.05, 0.1) is 44.1 Å². The number of imidazole rings is 2. The van der Waals surface area contributed by atoms with Gasteiger partial charge in [-0.05, 0) is 89.3 Å². The van der Waals surface area contributed by atoms with E-state index in [4.69, 9.17) is 15.0 Å². The Morgan fingerprint density at radius 3 is 1.57 bits per heavy atom. The zero-order chi connectivity index (χ0) is 33.2. The first-order valence-electron chi connectivity index (χ1n) is 17.2. The molecule has 0 N–H and O–H groups in total. The topological polar surface area (TPSA) is 52.4 Å². The van der Waals surface area contributed by atoms with Crippen LogP contribution in [0.3, 0.4) is 0 Å². The van der Waals surface area contributed by atoms with Crippen molar-refractivity contribution in [2.24, 2.45) is 0 Å². The predicted molar refractivity (Wildman–Crippen MR) is 209 cm³/mol. The molecule has 0 atom stereocenters. The summed E-state index contributed by atoms with van der Waals surface area (Å²) in [5.74, 6) is 0.824. The van der Waals surface area contributed by atoms with Crippen molar-refractivity contribution < 1.29 is 0 Å². The van der Waals surface area contributed by atoms with E-state index in [9.17, 15) is 0 Å². The van der Waals surface area contributed by atoms with Crippen molar-refractivity contribution in [1.29, 1.82) is 0 Å². The van der Waals surface area contributed by atoms with Crippen molar-refractivity contribution in [3.63, 3.8) is 0 Å². The highest BCUT2D eigenvalue weighted by Crippen LogP contribution is 2.39. The highest BCUT2D eigenvalue weighted by Gasteiger charge is 2.21. The van der Waals surface area contributed by atoms with Crippen LogP contribution in [0.1, 0.15) is 0 Å². The van der Waals surface area contributed by atoms with E-state index in [2.05, 4.69) is 159 Å². The number of fused-ring (bicyclic) bond motifs is 16. The summed E-state index contributed by atoms with van der Waals surface area (Å²) in [6.07, 6.45) is 0. The summed E-state index contributed by atoms with van der Waals surface area (Å²) in [5, 5.41) is 6.94. The molecule has 0 aliphatic heterocycles. The van der Waals surface area contributed by atoms with Crippen LogP contribution in [0.4, 0.5) is 0 Å². The second-order valence-corrected chi connectivity index (χ2v) is 13.3. The van der Waals surface area contributed by atoms with Gasteiger partial charge in [-0.3, -0.25) is 13.4 Å². The molecule has 5 heterocycles. The third-order valence-electron chi connectivity index (χ3n) is 10.6. The van der Waals surface area contributed by atoms with Gasteiger partial charge in [0.25, 0.3) is 0 Å². The van der Waals surface area contributed by atoms with Gasteiger partial charge in [-0.1, -0.05) is 84.9 Å². The van der Waals surface area contributed by atoms with Crippen LogP contribution >= 0.6 is 0 Å². The lowest BCUT2D eigenvalue weighted by molar-refractivity contribution is 0.979. The Kier molecular flexibility index (Phi) is 5.14. The average Bonchev–Trinajstić information content (AvgIpc) is 3.88. The molecule has 0 spiro atoms. The maximum absolute atomic E-state index is 5.33. The molecule has 0 aliphatic rings. The van der Waals surface area contributed by atoms with Gasteiger partial charge < -0.3 is 0 Å². The van der Waals surface area contributed by atoms with Crippen molar-refractivity contribution in [3.05, 3.63) is 158 Å². The summed E-state index contributed by atoms with van der Waals surface area (Å²) in [7, 11) is 0. The van der Waals surface area contributed by atoms with Gasteiger partial charge in [-0.2, -0.15) is 0 Å². The lowest BCUT2D eigenvalue weighted by Gasteiger charge is -2.13. The summed E-state index contributed by atoms with van der Waals surface area (Å²) in [6.45, 7) is 0. The fraction of sp³-hybridized carbons (Fsp3) is 0. The Balaban J connectivity index is 1.13. The van der Waals surface area contributed by atoms with Crippen molar-refractivity contribution in [1.82, 2.24) is 28.3 Å². The fourth-order valence-electron chi connectivity index (χ4n) is 8.33. The normalized spacial score (nSPS) is 12.3. The molecule has 0 unspecified atom stereocenters. The van der Waals surface area contributed by atoms with Crippen LogP contribution in [-0.4, -0.2) is 28.3 Å². The van der Waals surface area contributed by atoms with Gasteiger partial charge in [0, 0.05) is 26.9 Å². The number of para-hydroxylation sites is 7. The first-order valence-corrected chi connectivity index (χ1v) is 17.2. The third kappa shape index (κ3) is 3.57. The first-order chi connectivity index (χ1) is 25.3. The van der Waals surface area contributed by atoms with Crippen LogP contribution < -0.4 is 0 Å². The number of nitrogens with zero attached hydrogens (tertiary/aromatic N) is 6. The van der Waals surface area contributed by atoms with Crippen LogP contribution in [0.5, 0.6) is 0 Å². The number of hydrogen-bond acceptors (Lipinski definition) is 3. The summed E-state index contributed by atoms with van der Waals surface area (Å²) in [4.78, 5) is 15.5. The second kappa shape index (κ2) is 9.77.